The van der Waals surface area contributed by atoms with Crippen LogP contribution in [0.2, 0.25) is 0 Å². The molecule has 0 aromatic heterocycles. The summed E-state index contributed by atoms with van der Waals surface area (Å²) in [6, 6.07) is 0. The van der Waals surface area contributed by atoms with E-state index in [-0.39, 0.29) is 18.3 Å². The molecular weight excluding hydrogens is 240 g/mol. The van der Waals surface area contributed by atoms with Crippen molar-refractivity contribution in [3.63, 3.8) is 0 Å². The summed E-state index contributed by atoms with van der Waals surface area (Å²) in [5.41, 5.74) is 0. The second kappa shape index (κ2) is 6.53. The van der Waals surface area contributed by atoms with E-state index in [0.29, 0.717) is 17.8 Å². The summed E-state index contributed by atoms with van der Waals surface area (Å²) in [5, 5.41) is 9.76. The molecular formula is C12H24O2S2. The van der Waals surface area contributed by atoms with Crippen LogP contribution >= 0.6 is 25.3 Å². The van der Waals surface area contributed by atoms with E-state index in [2.05, 4.69) is 46.0 Å². The highest BCUT2D eigenvalue weighted by Crippen LogP contribution is 2.38. The minimum atomic E-state index is -0.290. The Labute approximate surface area is 110 Å². The molecule has 0 aromatic carbocycles. The fourth-order valence-electron chi connectivity index (χ4n) is 2.05. The van der Waals surface area contributed by atoms with Crippen LogP contribution < -0.4 is 0 Å². The molecule has 1 aliphatic carbocycles. The summed E-state index contributed by atoms with van der Waals surface area (Å²) in [5.74, 6) is 3.06. The zero-order valence-corrected chi connectivity index (χ0v) is 12.1. The Kier molecular flexibility index (Phi) is 5.99. The van der Waals surface area contributed by atoms with Gasteiger partial charge in [0.15, 0.2) is 0 Å². The Bertz CT molecular complexity index is 213. The van der Waals surface area contributed by atoms with Gasteiger partial charge in [-0.2, -0.15) is 25.3 Å². The lowest BCUT2D eigenvalue weighted by atomic mass is 9.72. The van der Waals surface area contributed by atoms with E-state index in [1.807, 2.05) is 0 Å². The Morgan fingerprint density at radius 2 is 1.88 bits per heavy atom. The average Bonchev–Trinajstić information content (AvgIpc) is 2.30. The normalized spacial score (nSPS) is 35.2. The predicted molar refractivity (Wildman–Crippen MR) is 74.5 cm³/mol. The van der Waals surface area contributed by atoms with Crippen molar-refractivity contribution < 1.29 is 9.84 Å². The van der Waals surface area contributed by atoms with Gasteiger partial charge in [0.2, 0.25) is 0 Å². The quantitative estimate of drug-likeness (QED) is 0.643. The average molecular weight is 264 g/mol. The van der Waals surface area contributed by atoms with E-state index in [1.165, 1.54) is 0 Å². The van der Waals surface area contributed by atoms with Gasteiger partial charge in [0.25, 0.3) is 0 Å². The van der Waals surface area contributed by atoms with Gasteiger partial charge in [0, 0.05) is 0 Å². The molecule has 0 saturated heterocycles. The molecule has 6 atom stereocenters. The van der Waals surface area contributed by atoms with Crippen LogP contribution in [0.25, 0.3) is 0 Å². The molecule has 0 spiro atoms. The molecule has 16 heavy (non-hydrogen) atoms. The summed E-state index contributed by atoms with van der Waals surface area (Å²) in [6.07, 6.45) is 0.724. The van der Waals surface area contributed by atoms with Crippen molar-refractivity contribution in [2.75, 3.05) is 11.5 Å². The van der Waals surface area contributed by atoms with Crippen molar-refractivity contribution in [2.45, 2.75) is 45.5 Å². The van der Waals surface area contributed by atoms with Gasteiger partial charge in [-0.05, 0) is 42.6 Å². The fraction of sp³-hybridized carbons (Fsp3) is 1.00. The smallest absolute Gasteiger partial charge is 0.0869 e. The van der Waals surface area contributed by atoms with E-state index in [4.69, 9.17) is 4.74 Å². The summed E-state index contributed by atoms with van der Waals surface area (Å²) in [7, 11) is 0. The summed E-state index contributed by atoms with van der Waals surface area (Å²) < 4.78 is 5.95. The second-order valence-electron chi connectivity index (χ2n) is 5.09. The van der Waals surface area contributed by atoms with Gasteiger partial charge in [-0.3, -0.25) is 0 Å². The summed E-state index contributed by atoms with van der Waals surface area (Å²) in [6.45, 7) is 6.36. The molecule has 0 heterocycles. The molecule has 1 aliphatic rings. The van der Waals surface area contributed by atoms with E-state index in [9.17, 15) is 5.11 Å². The first kappa shape index (κ1) is 14.7. The number of rotatable bonds is 6. The van der Waals surface area contributed by atoms with Crippen LogP contribution in [-0.2, 0) is 4.74 Å². The molecule has 0 aliphatic heterocycles. The standard InChI is InChI=1S/C12H24O2S2/c1-7(5-15)9(3)14-12-10(4-11(12)13)8(2)6-16/h7-13,15-16H,4-6H2,1-3H3. The SMILES string of the molecule is CC(CS)C(C)OC1C(O)CC1C(C)CS. The third kappa shape index (κ3) is 3.31. The first-order valence-electron chi connectivity index (χ1n) is 6.06. The maximum Gasteiger partial charge on any atom is 0.0869 e. The van der Waals surface area contributed by atoms with Gasteiger partial charge in [0.05, 0.1) is 18.3 Å². The highest BCUT2D eigenvalue weighted by molar-refractivity contribution is 7.80. The molecule has 1 fully saturated rings. The Hall–Kier alpha value is 0.620. The highest BCUT2D eigenvalue weighted by Gasteiger charge is 2.44. The van der Waals surface area contributed by atoms with E-state index in [0.717, 1.165) is 17.9 Å². The van der Waals surface area contributed by atoms with Gasteiger partial charge >= 0.3 is 0 Å². The van der Waals surface area contributed by atoms with Crippen molar-refractivity contribution in [3.8, 4) is 0 Å². The summed E-state index contributed by atoms with van der Waals surface area (Å²) in [4.78, 5) is 0. The van der Waals surface area contributed by atoms with Crippen LogP contribution in [0.1, 0.15) is 27.2 Å². The van der Waals surface area contributed by atoms with Crippen LogP contribution in [0.5, 0.6) is 0 Å². The van der Waals surface area contributed by atoms with Gasteiger partial charge < -0.3 is 9.84 Å². The van der Waals surface area contributed by atoms with E-state index < -0.39 is 0 Å². The van der Waals surface area contributed by atoms with Gasteiger partial charge in [0.1, 0.15) is 0 Å². The van der Waals surface area contributed by atoms with Crippen molar-refractivity contribution in [3.05, 3.63) is 0 Å². The van der Waals surface area contributed by atoms with Crippen LogP contribution in [0.4, 0.5) is 0 Å². The van der Waals surface area contributed by atoms with Crippen molar-refractivity contribution in [1.82, 2.24) is 0 Å². The number of hydrogen-bond donors (Lipinski definition) is 3. The van der Waals surface area contributed by atoms with Gasteiger partial charge in [-0.1, -0.05) is 13.8 Å². The second-order valence-corrected chi connectivity index (χ2v) is 5.82. The predicted octanol–water partition coefficient (Wildman–Crippen LogP) is 2.27. The number of hydrogen-bond acceptors (Lipinski definition) is 4. The largest absolute Gasteiger partial charge is 0.390 e. The molecule has 0 amide bonds. The maximum absolute atomic E-state index is 9.76. The summed E-state index contributed by atoms with van der Waals surface area (Å²) >= 11 is 8.59. The molecule has 0 aromatic rings. The third-order valence-corrected chi connectivity index (χ3v) is 4.95. The molecule has 2 nitrogen and oxygen atoms in total. The lowest BCUT2D eigenvalue weighted by Gasteiger charge is -2.46. The minimum Gasteiger partial charge on any atom is -0.390 e. The number of ether oxygens (including phenoxy) is 1. The minimum absolute atomic E-state index is 0.000478. The molecule has 1 rings (SSSR count). The van der Waals surface area contributed by atoms with E-state index >= 15 is 0 Å². The molecule has 96 valence electrons. The molecule has 4 heteroatoms. The zero-order chi connectivity index (χ0) is 12.3. The molecule has 1 saturated carbocycles. The van der Waals surface area contributed by atoms with Crippen molar-refractivity contribution in [1.29, 1.82) is 0 Å². The van der Waals surface area contributed by atoms with Crippen molar-refractivity contribution in [2.24, 2.45) is 17.8 Å². The van der Waals surface area contributed by atoms with Gasteiger partial charge in [-0.15, -0.1) is 0 Å². The Morgan fingerprint density at radius 3 is 2.31 bits per heavy atom. The van der Waals surface area contributed by atoms with Crippen LogP contribution in [0.15, 0.2) is 0 Å². The zero-order valence-electron chi connectivity index (χ0n) is 10.3. The Morgan fingerprint density at radius 1 is 1.25 bits per heavy atom. The first-order valence-corrected chi connectivity index (χ1v) is 7.33. The van der Waals surface area contributed by atoms with Gasteiger partial charge in [-0.25, -0.2) is 0 Å². The first-order chi connectivity index (χ1) is 7.51. The van der Waals surface area contributed by atoms with E-state index in [1.54, 1.807) is 0 Å². The lowest BCUT2D eigenvalue weighted by Crippen LogP contribution is -2.53. The molecule has 6 unspecified atom stereocenters. The molecule has 0 bridgehead atoms. The molecule has 1 N–H and O–H groups in total. The number of aliphatic hydroxyl groups excluding tert-OH is 1. The van der Waals surface area contributed by atoms with Crippen molar-refractivity contribution >= 4 is 25.3 Å². The topological polar surface area (TPSA) is 29.5 Å². The Balaban J connectivity index is 2.45. The monoisotopic (exact) mass is 264 g/mol. The van der Waals surface area contributed by atoms with Crippen LogP contribution in [-0.4, -0.2) is 34.9 Å². The number of thiol groups is 2. The third-order valence-electron chi connectivity index (χ3n) is 3.79. The molecule has 0 radical (unpaired) electrons. The van der Waals surface area contributed by atoms with Crippen LogP contribution in [0, 0.1) is 17.8 Å². The highest BCUT2D eigenvalue weighted by atomic mass is 32.1. The lowest BCUT2D eigenvalue weighted by molar-refractivity contribution is -0.178. The maximum atomic E-state index is 9.76. The fourth-order valence-corrected chi connectivity index (χ4v) is 2.62. The number of aliphatic hydroxyl groups is 1. The van der Waals surface area contributed by atoms with Crippen LogP contribution in [0.3, 0.4) is 0 Å².